The smallest absolute Gasteiger partial charge is 0.160 e. The molecule has 2 atom stereocenters. The average molecular weight is 222 g/mol. The summed E-state index contributed by atoms with van der Waals surface area (Å²) in [5.41, 5.74) is 1.20. The highest BCUT2D eigenvalue weighted by molar-refractivity contribution is 5.95. The normalized spacial score (nSPS) is 14.5. The van der Waals surface area contributed by atoms with Crippen LogP contribution in [0.2, 0.25) is 0 Å². The van der Waals surface area contributed by atoms with Gasteiger partial charge < -0.3 is 10.2 Å². The molecule has 88 valence electrons. The fraction of sp³-hybridized carbons (Fsp3) is 0.462. The van der Waals surface area contributed by atoms with E-state index in [0.717, 1.165) is 0 Å². The van der Waals surface area contributed by atoms with Gasteiger partial charge in [-0.1, -0.05) is 24.3 Å². The molecular formula is C13H18O3. The highest BCUT2D eigenvalue weighted by Gasteiger charge is 2.14. The van der Waals surface area contributed by atoms with Crippen molar-refractivity contribution in [3.63, 3.8) is 0 Å². The average Bonchev–Trinajstić information content (AvgIpc) is 2.25. The highest BCUT2D eigenvalue weighted by Crippen LogP contribution is 2.23. The van der Waals surface area contributed by atoms with Crippen LogP contribution in [0.25, 0.3) is 0 Å². The van der Waals surface area contributed by atoms with Gasteiger partial charge in [0.25, 0.3) is 0 Å². The van der Waals surface area contributed by atoms with Crippen molar-refractivity contribution in [1.29, 1.82) is 0 Å². The van der Waals surface area contributed by atoms with Gasteiger partial charge in [0.2, 0.25) is 0 Å². The number of aliphatic hydroxyl groups is 2. The van der Waals surface area contributed by atoms with Crippen LogP contribution in [0.1, 0.15) is 48.7 Å². The number of Topliss-reactive ketones (excluding diaryl/α,β-unsaturated/α-hetero) is 1. The van der Waals surface area contributed by atoms with Crippen molar-refractivity contribution >= 4 is 5.78 Å². The standard InChI is InChI=1S/C13H18O3/c1-9(14)7-8-13(16)12-6-4-3-5-11(12)10(2)15/h3-6,9,13-14,16H,7-8H2,1-2H3. The summed E-state index contributed by atoms with van der Waals surface area (Å²) in [6.07, 6.45) is -0.135. The number of aliphatic hydroxyl groups excluding tert-OH is 2. The molecule has 0 aromatic heterocycles. The number of hydrogen-bond donors (Lipinski definition) is 2. The molecule has 1 aromatic carbocycles. The van der Waals surface area contributed by atoms with Gasteiger partial charge in [-0.05, 0) is 32.3 Å². The molecule has 2 N–H and O–H groups in total. The predicted octanol–water partition coefficient (Wildman–Crippen LogP) is 2.08. The maximum absolute atomic E-state index is 11.3. The third-order valence-electron chi connectivity index (χ3n) is 2.56. The summed E-state index contributed by atoms with van der Waals surface area (Å²) in [4.78, 5) is 11.3. The first-order chi connectivity index (χ1) is 7.52. The van der Waals surface area contributed by atoms with Gasteiger partial charge in [0.1, 0.15) is 0 Å². The van der Waals surface area contributed by atoms with Gasteiger partial charge in [-0.25, -0.2) is 0 Å². The van der Waals surface area contributed by atoms with E-state index in [0.29, 0.717) is 24.0 Å². The van der Waals surface area contributed by atoms with E-state index in [9.17, 15) is 9.90 Å². The molecule has 0 spiro atoms. The molecule has 0 bridgehead atoms. The second kappa shape index (κ2) is 5.77. The van der Waals surface area contributed by atoms with Gasteiger partial charge in [-0.3, -0.25) is 4.79 Å². The Morgan fingerprint density at radius 2 is 1.88 bits per heavy atom. The summed E-state index contributed by atoms with van der Waals surface area (Å²) in [5.74, 6) is -0.0494. The zero-order chi connectivity index (χ0) is 12.1. The molecule has 1 aromatic rings. The van der Waals surface area contributed by atoms with Gasteiger partial charge in [0, 0.05) is 5.56 Å². The van der Waals surface area contributed by atoms with Crippen LogP contribution in [0, 0.1) is 0 Å². The van der Waals surface area contributed by atoms with Crippen molar-refractivity contribution in [3.8, 4) is 0 Å². The van der Waals surface area contributed by atoms with E-state index in [-0.39, 0.29) is 5.78 Å². The molecule has 0 saturated heterocycles. The summed E-state index contributed by atoms with van der Waals surface area (Å²) in [5, 5.41) is 19.1. The Morgan fingerprint density at radius 1 is 1.25 bits per heavy atom. The molecule has 0 amide bonds. The molecule has 0 heterocycles. The topological polar surface area (TPSA) is 57.5 Å². The van der Waals surface area contributed by atoms with Crippen LogP contribution in [-0.4, -0.2) is 22.1 Å². The molecular weight excluding hydrogens is 204 g/mol. The van der Waals surface area contributed by atoms with Gasteiger partial charge in [-0.2, -0.15) is 0 Å². The van der Waals surface area contributed by atoms with E-state index in [2.05, 4.69) is 0 Å². The number of hydrogen-bond acceptors (Lipinski definition) is 3. The van der Waals surface area contributed by atoms with Crippen molar-refractivity contribution in [2.75, 3.05) is 0 Å². The Kier molecular flexibility index (Phi) is 4.65. The number of rotatable bonds is 5. The van der Waals surface area contributed by atoms with Crippen molar-refractivity contribution in [2.24, 2.45) is 0 Å². The van der Waals surface area contributed by atoms with E-state index in [4.69, 9.17) is 5.11 Å². The highest BCUT2D eigenvalue weighted by atomic mass is 16.3. The lowest BCUT2D eigenvalue weighted by molar-refractivity contribution is 0.0997. The number of carbonyl (C=O) groups is 1. The van der Waals surface area contributed by atoms with Crippen LogP contribution in [0.4, 0.5) is 0 Å². The maximum atomic E-state index is 11.3. The number of benzene rings is 1. The molecule has 3 heteroatoms. The maximum Gasteiger partial charge on any atom is 0.160 e. The van der Waals surface area contributed by atoms with Gasteiger partial charge in [0.15, 0.2) is 5.78 Å². The van der Waals surface area contributed by atoms with Crippen molar-refractivity contribution in [3.05, 3.63) is 35.4 Å². The van der Waals surface area contributed by atoms with E-state index in [1.54, 1.807) is 31.2 Å². The van der Waals surface area contributed by atoms with Gasteiger partial charge >= 0.3 is 0 Å². The van der Waals surface area contributed by atoms with E-state index >= 15 is 0 Å². The van der Waals surface area contributed by atoms with Crippen molar-refractivity contribution in [1.82, 2.24) is 0 Å². The van der Waals surface area contributed by atoms with E-state index in [1.807, 2.05) is 0 Å². The first-order valence-corrected chi connectivity index (χ1v) is 5.48. The molecule has 0 fully saturated rings. The first kappa shape index (κ1) is 12.9. The van der Waals surface area contributed by atoms with Crippen LogP contribution < -0.4 is 0 Å². The quantitative estimate of drug-likeness (QED) is 0.750. The second-order valence-electron chi connectivity index (χ2n) is 4.09. The van der Waals surface area contributed by atoms with Crippen LogP contribution in [-0.2, 0) is 0 Å². The lowest BCUT2D eigenvalue weighted by atomic mass is 9.96. The monoisotopic (exact) mass is 222 g/mol. The number of ketones is 1. The molecule has 2 unspecified atom stereocenters. The third-order valence-corrected chi connectivity index (χ3v) is 2.56. The molecule has 0 radical (unpaired) electrons. The zero-order valence-electron chi connectivity index (χ0n) is 9.68. The minimum Gasteiger partial charge on any atom is -0.393 e. The summed E-state index contributed by atoms with van der Waals surface area (Å²) in [7, 11) is 0. The lowest BCUT2D eigenvalue weighted by Crippen LogP contribution is -2.08. The summed E-state index contributed by atoms with van der Waals surface area (Å²) in [6.45, 7) is 3.17. The molecule has 0 aliphatic heterocycles. The van der Waals surface area contributed by atoms with E-state index < -0.39 is 12.2 Å². The first-order valence-electron chi connectivity index (χ1n) is 5.48. The van der Waals surface area contributed by atoms with Crippen LogP contribution in [0.5, 0.6) is 0 Å². The SMILES string of the molecule is CC(=O)c1ccccc1C(O)CCC(C)O. The predicted molar refractivity (Wildman–Crippen MR) is 62.3 cm³/mol. The van der Waals surface area contributed by atoms with Gasteiger partial charge in [0.05, 0.1) is 12.2 Å². The van der Waals surface area contributed by atoms with Crippen molar-refractivity contribution in [2.45, 2.75) is 38.9 Å². The summed E-state index contributed by atoms with van der Waals surface area (Å²) < 4.78 is 0. The lowest BCUT2D eigenvalue weighted by Gasteiger charge is -2.14. The fourth-order valence-corrected chi connectivity index (χ4v) is 1.66. The molecule has 1 rings (SSSR count). The van der Waals surface area contributed by atoms with Crippen LogP contribution in [0.3, 0.4) is 0 Å². The summed E-state index contributed by atoms with van der Waals surface area (Å²) >= 11 is 0. The van der Waals surface area contributed by atoms with Crippen molar-refractivity contribution < 1.29 is 15.0 Å². The molecule has 0 aliphatic rings. The molecule has 0 saturated carbocycles. The molecule has 3 nitrogen and oxygen atoms in total. The van der Waals surface area contributed by atoms with Crippen LogP contribution >= 0.6 is 0 Å². The Hall–Kier alpha value is -1.19. The molecule has 0 aliphatic carbocycles. The second-order valence-corrected chi connectivity index (χ2v) is 4.09. The summed E-state index contributed by atoms with van der Waals surface area (Å²) in [6, 6.07) is 7.04. The Morgan fingerprint density at radius 3 is 2.44 bits per heavy atom. The van der Waals surface area contributed by atoms with Gasteiger partial charge in [-0.15, -0.1) is 0 Å². The largest absolute Gasteiger partial charge is 0.393 e. The Bertz CT molecular complexity index is 358. The Balaban J connectivity index is 2.82. The van der Waals surface area contributed by atoms with E-state index in [1.165, 1.54) is 6.92 Å². The number of carbonyl (C=O) groups excluding carboxylic acids is 1. The molecule has 16 heavy (non-hydrogen) atoms. The van der Waals surface area contributed by atoms with Crippen LogP contribution in [0.15, 0.2) is 24.3 Å². The minimum absolute atomic E-state index is 0.0494. The third kappa shape index (κ3) is 3.43. The Labute approximate surface area is 95.7 Å². The fourth-order valence-electron chi connectivity index (χ4n) is 1.66. The zero-order valence-corrected chi connectivity index (χ0v) is 9.68. The minimum atomic E-state index is -0.685.